The van der Waals surface area contributed by atoms with Gasteiger partial charge in [0.25, 0.3) is 0 Å². The predicted molar refractivity (Wildman–Crippen MR) is 104 cm³/mol. The van der Waals surface area contributed by atoms with Crippen molar-refractivity contribution >= 4 is 11.5 Å². The van der Waals surface area contributed by atoms with Gasteiger partial charge in [0.1, 0.15) is 12.4 Å². The van der Waals surface area contributed by atoms with Gasteiger partial charge in [0.15, 0.2) is 0 Å². The highest BCUT2D eigenvalue weighted by Gasteiger charge is 2.25. The third-order valence-electron chi connectivity index (χ3n) is 5.39. The molecule has 5 nitrogen and oxygen atoms in total. The average molecular weight is 364 g/mol. The fourth-order valence-electron chi connectivity index (χ4n) is 3.96. The number of ether oxygens (including phenoxy) is 1. The standard InChI is InChI=1S/C22H24N2O3/c1-15-4-5-18-20(13-15)27-14-19-17(3-2-9-23-19)22(18)16-6-10-24(11-7-16)12-8-21(25)26/h2-5,9,13H,6-8,10-12,14H2,1H3,(H,25,26). The van der Waals surface area contributed by atoms with E-state index in [0.717, 1.165) is 48.5 Å². The van der Waals surface area contributed by atoms with Crippen LogP contribution in [0.3, 0.4) is 0 Å². The monoisotopic (exact) mass is 364 g/mol. The van der Waals surface area contributed by atoms with Crippen molar-refractivity contribution in [2.24, 2.45) is 0 Å². The molecule has 2 aliphatic heterocycles. The Morgan fingerprint density at radius 2 is 2.04 bits per heavy atom. The maximum Gasteiger partial charge on any atom is 0.304 e. The Bertz CT molecular complexity index is 894. The first-order chi connectivity index (χ1) is 13.1. The number of benzene rings is 1. The first kappa shape index (κ1) is 17.7. The summed E-state index contributed by atoms with van der Waals surface area (Å²) in [6.07, 6.45) is 3.90. The molecule has 0 saturated carbocycles. The average Bonchev–Trinajstić information content (AvgIpc) is 2.83. The van der Waals surface area contributed by atoms with Crippen LogP contribution >= 0.6 is 0 Å². The van der Waals surface area contributed by atoms with Gasteiger partial charge in [-0.25, -0.2) is 0 Å². The van der Waals surface area contributed by atoms with Crippen LogP contribution in [0.2, 0.25) is 0 Å². The second-order valence-corrected chi connectivity index (χ2v) is 7.25. The van der Waals surface area contributed by atoms with E-state index in [1.165, 1.54) is 16.7 Å². The second kappa shape index (κ2) is 7.53. The fraction of sp³-hybridized carbons (Fsp3) is 0.364. The largest absolute Gasteiger partial charge is 0.487 e. The molecular formula is C22H24N2O3. The number of carboxylic acids is 1. The third kappa shape index (κ3) is 3.74. The van der Waals surface area contributed by atoms with E-state index in [1.807, 2.05) is 12.3 Å². The van der Waals surface area contributed by atoms with Crippen molar-refractivity contribution < 1.29 is 14.6 Å². The van der Waals surface area contributed by atoms with Gasteiger partial charge in [-0.3, -0.25) is 9.78 Å². The number of hydrogen-bond donors (Lipinski definition) is 1. The summed E-state index contributed by atoms with van der Waals surface area (Å²) in [6, 6.07) is 10.5. The van der Waals surface area contributed by atoms with Crippen LogP contribution < -0.4 is 4.74 Å². The molecule has 27 heavy (non-hydrogen) atoms. The van der Waals surface area contributed by atoms with Crippen molar-refractivity contribution in [2.45, 2.75) is 32.8 Å². The Hall–Kier alpha value is -2.66. The number of hydrogen-bond acceptors (Lipinski definition) is 4. The Morgan fingerprint density at radius 3 is 2.81 bits per heavy atom. The second-order valence-electron chi connectivity index (χ2n) is 7.25. The molecule has 0 aliphatic carbocycles. The van der Waals surface area contributed by atoms with Crippen LogP contribution in [0.5, 0.6) is 5.75 Å². The molecule has 4 rings (SSSR count). The van der Waals surface area contributed by atoms with E-state index in [4.69, 9.17) is 9.84 Å². The van der Waals surface area contributed by atoms with Crippen LogP contribution in [0, 0.1) is 6.92 Å². The number of carbonyl (C=O) groups is 1. The number of piperidine rings is 1. The first-order valence-electron chi connectivity index (χ1n) is 9.46. The lowest BCUT2D eigenvalue weighted by Gasteiger charge is -2.29. The molecule has 1 aromatic carbocycles. The molecule has 0 bridgehead atoms. The van der Waals surface area contributed by atoms with Crippen molar-refractivity contribution in [3.63, 3.8) is 0 Å². The van der Waals surface area contributed by atoms with Crippen molar-refractivity contribution in [3.05, 3.63) is 64.5 Å². The van der Waals surface area contributed by atoms with Crippen molar-refractivity contribution in [2.75, 3.05) is 19.6 Å². The molecule has 3 heterocycles. The number of fused-ring (bicyclic) bond motifs is 2. The maximum atomic E-state index is 10.8. The van der Waals surface area contributed by atoms with E-state index in [1.54, 1.807) is 0 Å². The van der Waals surface area contributed by atoms with Gasteiger partial charge < -0.3 is 14.7 Å². The topological polar surface area (TPSA) is 62.7 Å². The maximum absolute atomic E-state index is 10.8. The number of aryl methyl sites for hydroxylation is 1. The summed E-state index contributed by atoms with van der Waals surface area (Å²) in [5, 5.41) is 8.92. The molecule has 1 saturated heterocycles. The van der Waals surface area contributed by atoms with Gasteiger partial charge in [-0.05, 0) is 43.0 Å². The van der Waals surface area contributed by atoms with Crippen LogP contribution in [0.15, 0.2) is 42.1 Å². The van der Waals surface area contributed by atoms with Crippen molar-refractivity contribution in [1.29, 1.82) is 0 Å². The summed E-state index contributed by atoms with van der Waals surface area (Å²) in [7, 11) is 0. The lowest BCUT2D eigenvalue weighted by atomic mass is 9.87. The molecule has 2 aliphatic rings. The van der Waals surface area contributed by atoms with Crippen molar-refractivity contribution in [1.82, 2.24) is 9.88 Å². The third-order valence-corrected chi connectivity index (χ3v) is 5.39. The van der Waals surface area contributed by atoms with Gasteiger partial charge in [0.2, 0.25) is 0 Å². The van der Waals surface area contributed by atoms with Gasteiger partial charge >= 0.3 is 5.97 Å². The molecule has 0 spiro atoms. The van der Waals surface area contributed by atoms with Crippen molar-refractivity contribution in [3.8, 4) is 5.75 Å². The van der Waals surface area contributed by atoms with E-state index in [2.05, 4.69) is 41.1 Å². The number of rotatable bonds is 3. The van der Waals surface area contributed by atoms with Gasteiger partial charge in [-0.15, -0.1) is 0 Å². The summed E-state index contributed by atoms with van der Waals surface area (Å²) < 4.78 is 6.09. The Balaban J connectivity index is 1.71. The summed E-state index contributed by atoms with van der Waals surface area (Å²) >= 11 is 0. The Morgan fingerprint density at radius 1 is 1.22 bits per heavy atom. The zero-order valence-corrected chi connectivity index (χ0v) is 15.6. The van der Waals surface area contributed by atoms with E-state index >= 15 is 0 Å². The molecule has 2 aromatic rings. The zero-order chi connectivity index (χ0) is 18.8. The van der Waals surface area contributed by atoms with Gasteiger partial charge in [0, 0.05) is 37.0 Å². The molecule has 5 heteroatoms. The van der Waals surface area contributed by atoms with E-state index in [9.17, 15) is 4.79 Å². The minimum atomic E-state index is -0.732. The highest BCUT2D eigenvalue weighted by molar-refractivity contribution is 5.86. The zero-order valence-electron chi connectivity index (χ0n) is 15.6. The number of aliphatic carboxylic acids is 1. The molecule has 140 valence electrons. The van der Waals surface area contributed by atoms with Gasteiger partial charge in [0.05, 0.1) is 12.1 Å². The number of aromatic nitrogens is 1. The summed E-state index contributed by atoms with van der Waals surface area (Å²) in [6.45, 7) is 4.96. The number of carboxylic acid groups (broad SMARTS) is 1. The number of nitrogens with zero attached hydrogens (tertiary/aromatic N) is 2. The smallest absolute Gasteiger partial charge is 0.304 e. The fourth-order valence-corrected chi connectivity index (χ4v) is 3.96. The Labute approximate surface area is 159 Å². The van der Waals surface area contributed by atoms with Gasteiger partial charge in [-0.2, -0.15) is 0 Å². The summed E-state index contributed by atoms with van der Waals surface area (Å²) in [5.41, 5.74) is 7.12. The molecule has 0 atom stereocenters. The highest BCUT2D eigenvalue weighted by atomic mass is 16.5. The van der Waals surface area contributed by atoms with E-state index in [0.29, 0.717) is 13.2 Å². The molecule has 0 amide bonds. The van der Waals surface area contributed by atoms with E-state index < -0.39 is 5.97 Å². The van der Waals surface area contributed by atoms with E-state index in [-0.39, 0.29) is 6.42 Å². The molecule has 1 aromatic heterocycles. The predicted octanol–water partition coefficient (Wildman–Crippen LogP) is 3.65. The minimum Gasteiger partial charge on any atom is -0.487 e. The quantitative estimate of drug-likeness (QED) is 0.901. The molecular weight excluding hydrogens is 340 g/mol. The van der Waals surface area contributed by atoms with Crippen LogP contribution in [0.25, 0.3) is 5.57 Å². The highest BCUT2D eigenvalue weighted by Crippen LogP contribution is 2.40. The van der Waals surface area contributed by atoms with Crippen LogP contribution in [0.1, 0.15) is 41.6 Å². The number of likely N-dealkylation sites (tertiary alicyclic amines) is 1. The summed E-state index contributed by atoms with van der Waals surface area (Å²) in [5.74, 6) is 0.188. The lowest BCUT2D eigenvalue weighted by Crippen LogP contribution is -2.33. The molecule has 1 N–H and O–H groups in total. The lowest BCUT2D eigenvalue weighted by molar-refractivity contribution is -0.137. The molecule has 1 fully saturated rings. The number of pyridine rings is 1. The molecule has 0 unspecified atom stereocenters. The van der Waals surface area contributed by atoms with Crippen LogP contribution in [0.4, 0.5) is 0 Å². The normalized spacial score (nSPS) is 16.9. The van der Waals surface area contributed by atoms with Gasteiger partial charge in [-0.1, -0.05) is 23.8 Å². The van der Waals surface area contributed by atoms with Crippen LogP contribution in [-0.2, 0) is 11.4 Å². The first-order valence-corrected chi connectivity index (χ1v) is 9.46. The summed E-state index contributed by atoms with van der Waals surface area (Å²) in [4.78, 5) is 17.6. The minimum absolute atomic E-state index is 0.203. The SMILES string of the molecule is Cc1ccc2c(c1)OCc1ncccc1C2=C1CCN(CCC(=O)O)CC1. The Kier molecular flexibility index (Phi) is 4.94. The molecule has 0 radical (unpaired) electrons. The van der Waals surface area contributed by atoms with Crippen LogP contribution in [-0.4, -0.2) is 40.6 Å².